The van der Waals surface area contributed by atoms with Gasteiger partial charge in [0.25, 0.3) is 5.56 Å². The van der Waals surface area contributed by atoms with Gasteiger partial charge in [-0.25, -0.2) is 4.98 Å². The Morgan fingerprint density at radius 1 is 1.03 bits per heavy atom. The van der Waals surface area contributed by atoms with Crippen molar-refractivity contribution in [3.8, 4) is 16.9 Å². The lowest BCUT2D eigenvalue weighted by Crippen LogP contribution is -2.20. The van der Waals surface area contributed by atoms with Crippen LogP contribution < -0.4 is 15.6 Å². The number of methoxy groups -OCH3 is 1. The Labute approximate surface area is 168 Å². The number of nitrogens with zero attached hydrogens (tertiary/aromatic N) is 3. The smallest absolute Gasteiger partial charge is 0.259 e. The van der Waals surface area contributed by atoms with Crippen LogP contribution in [0.25, 0.3) is 22.2 Å². The molecule has 0 unspecified atom stereocenters. The molecule has 6 heteroatoms. The number of rotatable bonds is 4. The highest BCUT2D eigenvalue weighted by atomic mass is 16.5. The van der Waals surface area contributed by atoms with Gasteiger partial charge in [-0.05, 0) is 60.9 Å². The molecule has 0 saturated carbocycles. The largest absolute Gasteiger partial charge is 0.497 e. The highest BCUT2D eigenvalue weighted by molar-refractivity contribution is 5.83. The average Bonchev–Trinajstić information content (AvgIpc) is 2.72. The number of aromatic nitrogens is 3. The fraction of sp³-hybridized carbons (Fsp3) is 0.174. The molecule has 1 N–H and O–H groups in total. The van der Waals surface area contributed by atoms with E-state index < -0.39 is 0 Å². The second-order valence-electron chi connectivity index (χ2n) is 7.02. The number of aryl methyl sites for hydroxylation is 3. The molecular weight excluding hydrogens is 364 g/mol. The number of para-hydroxylation sites is 1. The van der Waals surface area contributed by atoms with Crippen molar-refractivity contribution in [1.29, 1.82) is 0 Å². The van der Waals surface area contributed by atoms with Crippen molar-refractivity contribution in [2.75, 3.05) is 12.4 Å². The Morgan fingerprint density at radius 2 is 1.72 bits per heavy atom. The maximum atomic E-state index is 13.2. The van der Waals surface area contributed by atoms with Crippen molar-refractivity contribution in [1.82, 2.24) is 14.5 Å². The SMILES string of the molecule is COc1cc(C)c(-c2cc3cnc(Nc4ccccc4)nc3n(C)c2=O)c(C)c1. The zero-order chi connectivity index (χ0) is 20.5. The van der Waals surface area contributed by atoms with Crippen LogP contribution in [0.5, 0.6) is 5.75 Å². The zero-order valence-corrected chi connectivity index (χ0v) is 16.9. The first kappa shape index (κ1) is 18.7. The van der Waals surface area contributed by atoms with Gasteiger partial charge in [0, 0.05) is 29.9 Å². The Morgan fingerprint density at radius 3 is 2.38 bits per heavy atom. The molecule has 4 rings (SSSR count). The molecule has 0 fully saturated rings. The van der Waals surface area contributed by atoms with E-state index in [1.165, 1.54) is 0 Å². The summed E-state index contributed by atoms with van der Waals surface area (Å²) in [5.41, 5.74) is 4.89. The predicted molar refractivity (Wildman–Crippen MR) is 116 cm³/mol. The summed E-state index contributed by atoms with van der Waals surface area (Å²) in [6.45, 7) is 3.97. The highest BCUT2D eigenvalue weighted by Gasteiger charge is 2.15. The predicted octanol–water partition coefficient (Wildman–Crippen LogP) is 4.36. The van der Waals surface area contributed by atoms with Crippen molar-refractivity contribution in [2.24, 2.45) is 7.05 Å². The third kappa shape index (κ3) is 3.45. The number of ether oxygens (including phenoxy) is 1. The maximum Gasteiger partial charge on any atom is 0.259 e. The molecule has 0 saturated heterocycles. The van der Waals surface area contributed by atoms with E-state index in [-0.39, 0.29) is 5.56 Å². The van der Waals surface area contributed by atoms with Gasteiger partial charge in [-0.1, -0.05) is 18.2 Å². The molecule has 0 aliphatic rings. The van der Waals surface area contributed by atoms with Crippen LogP contribution in [-0.4, -0.2) is 21.6 Å². The van der Waals surface area contributed by atoms with Crippen LogP contribution in [0.1, 0.15) is 11.1 Å². The highest BCUT2D eigenvalue weighted by Crippen LogP contribution is 2.30. The van der Waals surface area contributed by atoms with Crippen LogP contribution in [0.3, 0.4) is 0 Å². The third-order valence-corrected chi connectivity index (χ3v) is 4.99. The molecule has 146 valence electrons. The third-order valence-electron chi connectivity index (χ3n) is 4.99. The summed E-state index contributed by atoms with van der Waals surface area (Å²) in [5.74, 6) is 1.23. The van der Waals surface area contributed by atoms with Gasteiger partial charge in [0.05, 0.1) is 7.11 Å². The molecule has 0 radical (unpaired) electrons. The summed E-state index contributed by atoms with van der Waals surface area (Å²) in [4.78, 5) is 22.1. The van der Waals surface area contributed by atoms with Crippen LogP contribution >= 0.6 is 0 Å². The second kappa shape index (κ2) is 7.39. The first-order chi connectivity index (χ1) is 14.0. The van der Waals surface area contributed by atoms with Gasteiger partial charge in [-0.3, -0.25) is 9.36 Å². The fourth-order valence-electron chi connectivity index (χ4n) is 3.60. The van der Waals surface area contributed by atoms with Crippen molar-refractivity contribution in [2.45, 2.75) is 13.8 Å². The minimum atomic E-state index is -0.0989. The van der Waals surface area contributed by atoms with Gasteiger partial charge in [0.2, 0.25) is 5.95 Å². The molecule has 2 aromatic heterocycles. The Kier molecular flexibility index (Phi) is 4.76. The Hall–Kier alpha value is -3.67. The summed E-state index contributed by atoms with van der Waals surface area (Å²) in [5, 5.41) is 3.97. The molecular formula is C23H22N4O2. The van der Waals surface area contributed by atoms with Crippen molar-refractivity contribution >= 4 is 22.7 Å². The van der Waals surface area contributed by atoms with Gasteiger partial charge in [0.15, 0.2) is 0 Å². The molecule has 29 heavy (non-hydrogen) atoms. The molecule has 0 atom stereocenters. The van der Waals surface area contributed by atoms with Crippen molar-refractivity contribution < 1.29 is 4.74 Å². The summed E-state index contributed by atoms with van der Waals surface area (Å²) in [6.07, 6.45) is 1.74. The van der Waals surface area contributed by atoms with Crippen LogP contribution in [-0.2, 0) is 7.05 Å². The molecule has 0 amide bonds. The molecule has 2 aromatic carbocycles. The van der Waals surface area contributed by atoms with E-state index >= 15 is 0 Å². The summed E-state index contributed by atoms with van der Waals surface area (Å²) in [7, 11) is 3.38. The Balaban J connectivity index is 1.84. The number of fused-ring (bicyclic) bond motifs is 1. The van der Waals surface area contributed by atoms with Gasteiger partial charge < -0.3 is 10.1 Å². The number of hydrogen-bond acceptors (Lipinski definition) is 5. The average molecular weight is 386 g/mol. The van der Waals surface area contributed by atoms with E-state index in [0.29, 0.717) is 17.2 Å². The van der Waals surface area contributed by atoms with E-state index in [0.717, 1.165) is 33.5 Å². The summed E-state index contributed by atoms with van der Waals surface area (Å²) < 4.78 is 6.92. The van der Waals surface area contributed by atoms with E-state index in [1.54, 1.807) is 24.9 Å². The number of benzene rings is 2. The number of nitrogens with one attached hydrogen (secondary N) is 1. The molecule has 6 nitrogen and oxygen atoms in total. The lowest BCUT2D eigenvalue weighted by atomic mass is 9.95. The number of hydrogen-bond donors (Lipinski definition) is 1. The second-order valence-corrected chi connectivity index (χ2v) is 7.02. The summed E-state index contributed by atoms with van der Waals surface area (Å²) >= 11 is 0. The molecule has 2 heterocycles. The first-order valence-electron chi connectivity index (χ1n) is 9.32. The Bertz CT molecular complexity index is 1240. The fourth-order valence-corrected chi connectivity index (χ4v) is 3.60. The first-order valence-corrected chi connectivity index (χ1v) is 9.32. The van der Waals surface area contributed by atoms with E-state index in [4.69, 9.17) is 4.74 Å². The zero-order valence-electron chi connectivity index (χ0n) is 16.9. The number of pyridine rings is 1. The van der Waals surface area contributed by atoms with Gasteiger partial charge in [-0.15, -0.1) is 0 Å². The van der Waals surface area contributed by atoms with Gasteiger partial charge in [-0.2, -0.15) is 4.98 Å². The number of anilines is 2. The van der Waals surface area contributed by atoms with Gasteiger partial charge >= 0.3 is 0 Å². The topological polar surface area (TPSA) is 69.0 Å². The van der Waals surface area contributed by atoms with Crippen molar-refractivity contribution in [3.05, 3.63) is 76.2 Å². The molecule has 0 aliphatic carbocycles. The maximum absolute atomic E-state index is 13.2. The standard InChI is InChI=1S/C23H22N4O2/c1-14-10-18(29-4)11-15(2)20(14)19-12-16-13-24-23(25-17-8-6-5-7-9-17)26-21(16)27(3)22(19)28/h5-13H,1-4H3,(H,24,25,26). The lowest BCUT2D eigenvalue weighted by molar-refractivity contribution is 0.414. The van der Waals surface area contributed by atoms with E-state index in [1.807, 2.05) is 62.4 Å². The van der Waals surface area contributed by atoms with Crippen LogP contribution in [0.15, 0.2) is 59.5 Å². The van der Waals surface area contributed by atoms with Crippen LogP contribution in [0.2, 0.25) is 0 Å². The van der Waals surface area contributed by atoms with E-state index in [2.05, 4.69) is 15.3 Å². The normalized spacial score (nSPS) is 10.9. The van der Waals surface area contributed by atoms with Crippen LogP contribution in [0, 0.1) is 13.8 Å². The monoisotopic (exact) mass is 386 g/mol. The van der Waals surface area contributed by atoms with Gasteiger partial charge in [0.1, 0.15) is 11.4 Å². The molecule has 0 aliphatic heterocycles. The molecule has 4 aromatic rings. The minimum Gasteiger partial charge on any atom is -0.497 e. The minimum absolute atomic E-state index is 0.0989. The summed E-state index contributed by atoms with van der Waals surface area (Å²) in [6, 6.07) is 15.4. The molecule has 0 bridgehead atoms. The molecule has 0 spiro atoms. The van der Waals surface area contributed by atoms with E-state index in [9.17, 15) is 4.79 Å². The van der Waals surface area contributed by atoms with Crippen LogP contribution in [0.4, 0.5) is 11.6 Å². The lowest BCUT2D eigenvalue weighted by Gasteiger charge is -2.14. The van der Waals surface area contributed by atoms with Crippen molar-refractivity contribution in [3.63, 3.8) is 0 Å². The quantitative estimate of drug-likeness (QED) is 0.564.